The summed E-state index contributed by atoms with van der Waals surface area (Å²) in [6, 6.07) is 16.7. The Morgan fingerprint density at radius 1 is 1.13 bits per heavy atom. The number of nitrogens with zero attached hydrogens (tertiary/aromatic N) is 4. The number of benzene rings is 2. The first kappa shape index (κ1) is 17.7. The van der Waals surface area contributed by atoms with Gasteiger partial charge in [-0.3, -0.25) is 4.79 Å². The number of methoxy groups -OCH3 is 1. The molecule has 0 amide bonds. The van der Waals surface area contributed by atoms with E-state index >= 15 is 0 Å². The second-order valence-corrected chi connectivity index (χ2v) is 6.72. The number of para-hydroxylation sites is 1. The van der Waals surface area contributed by atoms with Gasteiger partial charge in [-0.25, -0.2) is 4.98 Å². The van der Waals surface area contributed by atoms with E-state index in [-0.39, 0.29) is 17.1 Å². The van der Waals surface area contributed by atoms with Gasteiger partial charge in [-0.2, -0.15) is 14.9 Å². The fourth-order valence-corrected chi connectivity index (χ4v) is 3.59. The molecule has 0 saturated heterocycles. The van der Waals surface area contributed by atoms with Crippen molar-refractivity contribution < 1.29 is 9.15 Å². The molecular formula is C22H15N5O3. The summed E-state index contributed by atoms with van der Waals surface area (Å²) in [6.07, 6.45) is 0. The molecule has 0 unspecified atom stereocenters. The number of hydrogen-bond acceptors (Lipinski definition) is 6. The molecule has 1 N–H and O–H groups in total. The highest BCUT2D eigenvalue weighted by Gasteiger charge is 2.23. The van der Waals surface area contributed by atoms with E-state index in [0.29, 0.717) is 33.8 Å². The van der Waals surface area contributed by atoms with Crippen molar-refractivity contribution >= 4 is 16.7 Å². The van der Waals surface area contributed by atoms with Gasteiger partial charge in [0.05, 0.1) is 12.7 Å². The van der Waals surface area contributed by atoms with Gasteiger partial charge in [0.2, 0.25) is 5.89 Å². The highest BCUT2D eigenvalue weighted by molar-refractivity contribution is 5.84. The predicted molar refractivity (Wildman–Crippen MR) is 110 cm³/mol. The molecule has 0 bridgehead atoms. The first-order valence-electron chi connectivity index (χ1n) is 9.17. The van der Waals surface area contributed by atoms with Crippen molar-refractivity contribution in [2.45, 2.75) is 6.92 Å². The molecule has 0 aliphatic rings. The highest BCUT2D eigenvalue weighted by atomic mass is 16.5. The van der Waals surface area contributed by atoms with Crippen LogP contribution in [-0.2, 0) is 0 Å². The van der Waals surface area contributed by atoms with Gasteiger partial charge in [0.1, 0.15) is 23.0 Å². The van der Waals surface area contributed by atoms with Crippen LogP contribution < -0.4 is 10.3 Å². The number of H-pyrrole nitrogens is 1. The Morgan fingerprint density at radius 3 is 2.67 bits per heavy atom. The molecule has 5 aromatic rings. The lowest BCUT2D eigenvalue weighted by Crippen LogP contribution is -2.19. The maximum atomic E-state index is 13.3. The summed E-state index contributed by atoms with van der Waals surface area (Å²) in [4.78, 5) is 21.0. The molecule has 0 aliphatic heterocycles. The normalized spacial score (nSPS) is 11.1. The van der Waals surface area contributed by atoms with E-state index < -0.39 is 5.56 Å². The molecule has 2 aromatic carbocycles. The molecule has 0 aliphatic carbocycles. The van der Waals surface area contributed by atoms with Crippen molar-refractivity contribution in [3.05, 3.63) is 70.3 Å². The quantitative estimate of drug-likeness (QED) is 0.497. The summed E-state index contributed by atoms with van der Waals surface area (Å²) in [6.45, 7) is 1.76. The molecule has 0 fully saturated rings. The molecule has 5 rings (SSSR count). The molecule has 0 atom stereocenters. The van der Waals surface area contributed by atoms with Crippen LogP contribution in [0.4, 0.5) is 0 Å². The Bertz CT molecular complexity index is 1520. The van der Waals surface area contributed by atoms with Crippen molar-refractivity contribution in [3.63, 3.8) is 0 Å². The Balaban J connectivity index is 1.80. The monoisotopic (exact) mass is 397 g/mol. The lowest BCUT2D eigenvalue weighted by Gasteiger charge is -2.05. The largest absolute Gasteiger partial charge is 0.494 e. The average Bonchev–Trinajstić information content (AvgIpc) is 3.35. The molecule has 0 radical (unpaired) electrons. The Labute approximate surface area is 170 Å². The first-order valence-corrected chi connectivity index (χ1v) is 9.17. The van der Waals surface area contributed by atoms with Crippen molar-refractivity contribution in [1.82, 2.24) is 19.6 Å². The van der Waals surface area contributed by atoms with Crippen LogP contribution in [0.5, 0.6) is 5.75 Å². The Morgan fingerprint density at radius 2 is 1.93 bits per heavy atom. The molecule has 8 heteroatoms. The number of fused-ring (bicyclic) bond motifs is 2. The van der Waals surface area contributed by atoms with Crippen molar-refractivity contribution in [2.75, 3.05) is 7.11 Å². The topological polar surface area (TPSA) is 109 Å². The number of ether oxygens (including phenoxy) is 1. The number of nitrogens with one attached hydrogen (secondary N) is 1. The summed E-state index contributed by atoms with van der Waals surface area (Å²) >= 11 is 0. The highest BCUT2D eigenvalue weighted by Crippen LogP contribution is 2.31. The summed E-state index contributed by atoms with van der Waals surface area (Å²) in [5, 5.41) is 13.8. The molecule has 0 spiro atoms. The van der Waals surface area contributed by atoms with Gasteiger partial charge < -0.3 is 14.1 Å². The van der Waals surface area contributed by atoms with Crippen LogP contribution in [0, 0.1) is 18.3 Å². The second kappa shape index (κ2) is 6.60. The van der Waals surface area contributed by atoms with Crippen LogP contribution in [0.25, 0.3) is 39.3 Å². The van der Waals surface area contributed by atoms with Gasteiger partial charge in [0.15, 0.2) is 16.8 Å². The zero-order valence-corrected chi connectivity index (χ0v) is 16.1. The first-order chi connectivity index (χ1) is 14.6. The minimum Gasteiger partial charge on any atom is -0.494 e. The summed E-state index contributed by atoms with van der Waals surface area (Å²) in [7, 11) is 1.55. The third-order valence-electron chi connectivity index (χ3n) is 4.96. The van der Waals surface area contributed by atoms with Crippen LogP contribution in [0.15, 0.2) is 57.7 Å². The smallest absolute Gasteiger partial charge is 0.287 e. The number of nitriles is 1. The van der Waals surface area contributed by atoms with E-state index in [0.717, 1.165) is 5.56 Å². The molecule has 3 aromatic heterocycles. The summed E-state index contributed by atoms with van der Waals surface area (Å²) in [5.74, 6) is 0.709. The number of hydrogen-bond donors (Lipinski definition) is 1. The van der Waals surface area contributed by atoms with Crippen LogP contribution >= 0.6 is 0 Å². The zero-order chi connectivity index (χ0) is 20.8. The van der Waals surface area contributed by atoms with Crippen molar-refractivity contribution in [2.24, 2.45) is 0 Å². The number of aryl methyl sites for hydroxylation is 1. The number of aromatic nitrogens is 4. The van der Waals surface area contributed by atoms with Gasteiger partial charge in [0, 0.05) is 5.69 Å². The zero-order valence-electron chi connectivity index (χ0n) is 16.1. The van der Waals surface area contributed by atoms with Crippen LogP contribution in [-0.4, -0.2) is 26.7 Å². The Kier molecular flexibility index (Phi) is 3.89. The molecule has 3 heterocycles. The third-order valence-corrected chi connectivity index (χ3v) is 4.96. The van der Waals surface area contributed by atoms with Crippen molar-refractivity contribution in [1.29, 1.82) is 5.26 Å². The van der Waals surface area contributed by atoms with E-state index in [2.05, 4.69) is 21.1 Å². The van der Waals surface area contributed by atoms with Gasteiger partial charge in [-0.05, 0) is 24.6 Å². The van der Waals surface area contributed by atoms with Crippen LogP contribution in [0.2, 0.25) is 0 Å². The number of oxazole rings is 1. The maximum Gasteiger partial charge on any atom is 0.287 e. The van der Waals surface area contributed by atoms with Gasteiger partial charge in [-0.15, -0.1) is 0 Å². The Hall–Kier alpha value is -4.38. The van der Waals surface area contributed by atoms with Gasteiger partial charge >= 0.3 is 0 Å². The number of aromatic amines is 1. The minimum atomic E-state index is -0.426. The molecule has 146 valence electrons. The second-order valence-electron chi connectivity index (χ2n) is 6.72. The van der Waals surface area contributed by atoms with E-state index in [1.165, 1.54) is 4.52 Å². The average molecular weight is 397 g/mol. The van der Waals surface area contributed by atoms with E-state index in [4.69, 9.17) is 9.15 Å². The number of rotatable bonds is 3. The minimum absolute atomic E-state index is 0.158. The molecule has 30 heavy (non-hydrogen) atoms. The standard InChI is InChI=1S/C22H15N5O3/c1-12-17(21-25-19-15(29-2)9-6-10-16(19)30-21)22(28)27-20(24-12)18(14(11-23)26-27)13-7-4-3-5-8-13/h3-10,24H,1-2H3. The van der Waals surface area contributed by atoms with Crippen molar-refractivity contribution in [3.8, 4) is 34.4 Å². The van der Waals surface area contributed by atoms with E-state index in [9.17, 15) is 10.1 Å². The van der Waals surface area contributed by atoms with Gasteiger partial charge in [0.25, 0.3) is 5.56 Å². The predicted octanol–water partition coefficient (Wildman–Crippen LogP) is 3.69. The molecule has 8 nitrogen and oxygen atoms in total. The van der Waals surface area contributed by atoms with E-state index in [1.807, 2.05) is 30.3 Å². The summed E-state index contributed by atoms with van der Waals surface area (Å²) < 4.78 is 12.4. The van der Waals surface area contributed by atoms with Crippen LogP contribution in [0.1, 0.15) is 11.4 Å². The molecular weight excluding hydrogens is 382 g/mol. The van der Waals surface area contributed by atoms with E-state index in [1.54, 1.807) is 32.2 Å². The molecule has 0 saturated carbocycles. The van der Waals surface area contributed by atoms with Gasteiger partial charge in [-0.1, -0.05) is 36.4 Å². The van der Waals surface area contributed by atoms with Crippen LogP contribution in [0.3, 0.4) is 0 Å². The fraction of sp³-hybridized carbons (Fsp3) is 0.0909. The fourth-order valence-electron chi connectivity index (χ4n) is 3.59. The SMILES string of the molecule is COc1cccc2oc(-c3c(C)[nH]c4c(-c5ccccc5)c(C#N)nn4c3=O)nc12. The maximum absolute atomic E-state index is 13.3. The third kappa shape index (κ3) is 2.49. The lowest BCUT2D eigenvalue weighted by molar-refractivity contribution is 0.419. The summed E-state index contributed by atoms with van der Waals surface area (Å²) in [5.41, 5.74) is 3.37. The lowest BCUT2D eigenvalue weighted by atomic mass is 10.1.